The van der Waals surface area contributed by atoms with Crippen LogP contribution in [0.3, 0.4) is 0 Å². The topological polar surface area (TPSA) is 106 Å². The van der Waals surface area contributed by atoms with E-state index in [0.29, 0.717) is 18.0 Å². The molecule has 2 heterocycles. The van der Waals surface area contributed by atoms with E-state index in [9.17, 15) is 19.8 Å². The fourth-order valence-electron chi connectivity index (χ4n) is 4.70. The lowest BCUT2D eigenvalue weighted by Gasteiger charge is -2.28. The maximum absolute atomic E-state index is 12.9. The highest BCUT2D eigenvalue weighted by molar-refractivity contribution is 7.09. The molecule has 1 aliphatic rings. The van der Waals surface area contributed by atoms with E-state index in [0.717, 1.165) is 30.6 Å². The lowest BCUT2D eigenvalue weighted by Crippen LogP contribution is -2.50. The fourth-order valence-corrected chi connectivity index (χ4v) is 5.43. The second-order valence-electron chi connectivity index (χ2n) is 9.62. The molecule has 2 aromatic carbocycles. The molecule has 9 heteroatoms. The molecule has 1 unspecified atom stereocenters. The number of aliphatic hydroxyl groups is 2. The minimum absolute atomic E-state index is 0.108. The van der Waals surface area contributed by atoms with Crippen LogP contribution in [-0.4, -0.2) is 69.7 Å². The summed E-state index contributed by atoms with van der Waals surface area (Å²) in [5.41, 5.74) is 4.31. The van der Waals surface area contributed by atoms with Crippen molar-refractivity contribution in [2.45, 2.75) is 50.6 Å². The molecule has 1 aliphatic heterocycles. The highest BCUT2D eigenvalue weighted by Gasteiger charge is 2.38. The van der Waals surface area contributed by atoms with Gasteiger partial charge in [0.2, 0.25) is 0 Å². The van der Waals surface area contributed by atoms with Crippen LogP contribution >= 0.6 is 11.3 Å². The minimum atomic E-state index is -1.86. The van der Waals surface area contributed by atoms with E-state index < -0.39 is 24.0 Å². The Hall–Kier alpha value is -3.11. The first-order valence-electron chi connectivity index (χ1n) is 12.5. The molecule has 1 saturated heterocycles. The zero-order valence-electron chi connectivity index (χ0n) is 21.2. The van der Waals surface area contributed by atoms with Crippen LogP contribution < -0.4 is 5.32 Å². The number of hydrogen-bond donors (Lipinski definition) is 3. The smallest absolute Gasteiger partial charge is 0.255 e. The summed E-state index contributed by atoms with van der Waals surface area (Å²) in [5.74, 6) is -1.44. The zero-order chi connectivity index (χ0) is 26.4. The zero-order valence-corrected chi connectivity index (χ0v) is 22.0. The van der Waals surface area contributed by atoms with Crippen molar-refractivity contribution < 1.29 is 19.8 Å². The fraction of sp³-hybridized carbons (Fsp3) is 0.393. The molecule has 3 atom stereocenters. The van der Waals surface area contributed by atoms with Gasteiger partial charge in [0.05, 0.1) is 18.3 Å². The molecule has 0 bridgehead atoms. The summed E-state index contributed by atoms with van der Waals surface area (Å²) in [4.78, 5) is 33.8. The predicted octanol–water partition coefficient (Wildman–Crippen LogP) is 2.50. The number of aliphatic hydroxyl groups excluding tert-OH is 2. The Labute approximate surface area is 221 Å². The van der Waals surface area contributed by atoms with Gasteiger partial charge in [0, 0.05) is 24.9 Å². The number of rotatable bonds is 10. The average Bonchev–Trinajstić information content (AvgIpc) is 3.57. The SMILES string of the molecule is CN(C)Cc1ccccc1Cc1csc(CNC(=O)[C@H](O)[C@@H](O)C(=O)N2CCCC2c2ccccc2)n1. The number of carbonyl (C=O) groups excluding carboxylic acids is 2. The van der Waals surface area contributed by atoms with E-state index in [1.165, 1.54) is 22.5 Å². The molecule has 0 aliphatic carbocycles. The third-order valence-electron chi connectivity index (χ3n) is 6.53. The number of nitrogens with zero attached hydrogens (tertiary/aromatic N) is 3. The van der Waals surface area contributed by atoms with Crippen molar-refractivity contribution >= 4 is 23.2 Å². The summed E-state index contributed by atoms with van der Waals surface area (Å²) in [6.07, 6.45) is -1.43. The van der Waals surface area contributed by atoms with Crippen LogP contribution in [0.2, 0.25) is 0 Å². The Morgan fingerprint density at radius 1 is 1.08 bits per heavy atom. The van der Waals surface area contributed by atoms with E-state index in [4.69, 9.17) is 0 Å². The van der Waals surface area contributed by atoms with Gasteiger partial charge in [0.1, 0.15) is 5.01 Å². The molecule has 0 spiro atoms. The third-order valence-corrected chi connectivity index (χ3v) is 7.43. The number of thiazole rings is 1. The van der Waals surface area contributed by atoms with Gasteiger partial charge in [-0.25, -0.2) is 4.98 Å². The van der Waals surface area contributed by atoms with Crippen molar-refractivity contribution in [3.63, 3.8) is 0 Å². The Bertz CT molecular complexity index is 1200. The maximum Gasteiger partial charge on any atom is 0.255 e. The van der Waals surface area contributed by atoms with Crippen molar-refractivity contribution in [2.75, 3.05) is 20.6 Å². The number of aromatic nitrogens is 1. The van der Waals surface area contributed by atoms with Crippen LogP contribution in [0.25, 0.3) is 0 Å². The molecular weight excluding hydrogens is 488 g/mol. The number of hydrogen-bond acceptors (Lipinski definition) is 7. The minimum Gasteiger partial charge on any atom is -0.380 e. The molecule has 196 valence electrons. The highest BCUT2D eigenvalue weighted by atomic mass is 32.1. The molecule has 1 aromatic heterocycles. The first kappa shape index (κ1) is 26.9. The number of nitrogens with one attached hydrogen (secondary N) is 1. The largest absolute Gasteiger partial charge is 0.380 e. The second kappa shape index (κ2) is 12.4. The Kier molecular flexibility index (Phi) is 9.04. The van der Waals surface area contributed by atoms with Crippen LogP contribution in [0.1, 0.15) is 46.3 Å². The van der Waals surface area contributed by atoms with Gasteiger partial charge < -0.3 is 25.3 Å². The van der Waals surface area contributed by atoms with Crippen molar-refractivity contribution in [1.82, 2.24) is 20.1 Å². The number of likely N-dealkylation sites (tertiary alicyclic amines) is 1. The summed E-state index contributed by atoms with van der Waals surface area (Å²) in [6.45, 7) is 1.42. The lowest BCUT2D eigenvalue weighted by molar-refractivity contribution is -0.153. The molecule has 0 radical (unpaired) electrons. The molecule has 3 aromatic rings. The van der Waals surface area contributed by atoms with E-state index in [1.54, 1.807) is 4.90 Å². The summed E-state index contributed by atoms with van der Waals surface area (Å²) >= 11 is 1.42. The third kappa shape index (κ3) is 6.81. The molecule has 1 fully saturated rings. The van der Waals surface area contributed by atoms with Crippen LogP contribution in [0.15, 0.2) is 60.0 Å². The first-order valence-corrected chi connectivity index (χ1v) is 13.4. The molecule has 8 nitrogen and oxygen atoms in total. The van der Waals surface area contributed by atoms with Gasteiger partial charge in [-0.1, -0.05) is 54.6 Å². The van der Waals surface area contributed by atoms with Gasteiger partial charge in [0.25, 0.3) is 11.8 Å². The molecule has 2 amide bonds. The van der Waals surface area contributed by atoms with E-state index >= 15 is 0 Å². The normalized spacial score (nSPS) is 17.1. The monoisotopic (exact) mass is 522 g/mol. The van der Waals surface area contributed by atoms with E-state index in [1.807, 2.05) is 61.9 Å². The molecule has 37 heavy (non-hydrogen) atoms. The van der Waals surface area contributed by atoms with Crippen LogP contribution in [0, 0.1) is 0 Å². The Morgan fingerprint density at radius 2 is 1.78 bits per heavy atom. The van der Waals surface area contributed by atoms with Crippen LogP contribution in [0.5, 0.6) is 0 Å². The van der Waals surface area contributed by atoms with Gasteiger partial charge >= 0.3 is 0 Å². The number of amides is 2. The second-order valence-corrected chi connectivity index (χ2v) is 10.6. The van der Waals surface area contributed by atoms with Gasteiger partial charge in [-0.15, -0.1) is 11.3 Å². The van der Waals surface area contributed by atoms with Gasteiger partial charge in [0.15, 0.2) is 12.2 Å². The summed E-state index contributed by atoms with van der Waals surface area (Å²) < 4.78 is 0. The van der Waals surface area contributed by atoms with Crippen molar-refractivity contribution in [2.24, 2.45) is 0 Å². The van der Waals surface area contributed by atoms with Gasteiger partial charge in [-0.2, -0.15) is 0 Å². The molecule has 3 N–H and O–H groups in total. The average molecular weight is 523 g/mol. The van der Waals surface area contributed by atoms with Gasteiger partial charge in [-0.05, 0) is 43.6 Å². The molecular formula is C28H34N4O4S. The van der Waals surface area contributed by atoms with Crippen LogP contribution in [-0.2, 0) is 29.1 Å². The number of benzene rings is 2. The summed E-state index contributed by atoms with van der Waals surface area (Å²) in [6, 6.07) is 17.7. The first-order chi connectivity index (χ1) is 17.8. The van der Waals surface area contributed by atoms with Crippen LogP contribution in [0.4, 0.5) is 0 Å². The lowest BCUT2D eigenvalue weighted by atomic mass is 10.0. The highest BCUT2D eigenvalue weighted by Crippen LogP contribution is 2.32. The standard InChI is InChI=1S/C28H34N4O4S/c1-31(2)17-21-12-7-6-11-20(21)15-22-18-37-24(30-22)16-29-27(35)25(33)26(34)28(36)32-14-8-13-23(32)19-9-4-3-5-10-19/h3-7,9-12,18,23,25-26,33-34H,8,13-17H2,1-2H3,(H,29,35)/t23?,25-,26-/m1/s1. The van der Waals surface area contributed by atoms with E-state index in [2.05, 4.69) is 27.3 Å². The Morgan fingerprint density at radius 3 is 2.51 bits per heavy atom. The summed E-state index contributed by atoms with van der Waals surface area (Å²) in [5, 5.41) is 26.2. The molecule has 0 saturated carbocycles. The quantitative estimate of drug-likeness (QED) is 0.378. The van der Waals surface area contributed by atoms with Crippen molar-refractivity contribution in [3.8, 4) is 0 Å². The van der Waals surface area contributed by atoms with E-state index in [-0.39, 0.29) is 12.6 Å². The maximum atomic E-state index is 12.9. The molecule has 4 rings (SSSR count). The Balaban J connectivity index is 1.31. The van der Waals surface area contributed by atoms with Crippen molar-refractivity contribution in [1.29, 1.82) is 0 Å². The van der Waals surface area contributed by atoms with Crippen molar-refractivity contribution in [3.05, 3.63) is 87.4 Å². The van der Waals surface area contributed by atoms with Gasteiger partial charge in [-0.3, -0.25) is 9.59 Å². The summed E-state index contributed by atoms with van der Waals surface area (Å²) in [7, 11) is 4.07. The number of carbonyl (C=O) groups is 2. The predicted molar refractivity (Wildman–Crippen MR) is 143 cm³/mol.